The number of nitrogens with zero attached hydrogens (tertiary/aromatic N) is 1. The summed E-state index contributed by atoms with van der Waals surface area (Å²) in [4.78, 5) is 32.4. The highest BCUT2D eigenvalue weighted by Gasteiger charge is 2.37. The lowest BCUT2D eigenvalue weighted by atomic mass is 9.86. The van der Waals surface area contributed by atoms with Crippen LogP contribution >= 0.6 is 11.6 Å². The smallest absolute Gasteiger partial charge is 0.257 e. The van der Waals surface area contributed by atoms with Crippen molar-refractivity contribution in [2.75, 3.05) is 13.7 Å². The largest absolute Gasteiger partial charge is 0.385 e. The number of rotatable bonds is 7. The maximum absolute atomic E-state index is 15.5. The molecule has 1 atom stereocenters. The molecule has 170 valence electrons. The molecule has 33 heavy (non-hydrogen) atoms. The van der Waals surface area contributed by atoms with Crippen LogP contribution in [0.4, 0.5) is 8.78 Å². The molecule has 0 saturated heterocycles. The van der Waals surface area contributed by atoms with Crippen LogP contribution in [0.25, 0.3) is 10.9 Å². The minimum atomic E-state index is -1.27. The van der Waals surface area contributed by atoms with E-state index < -0.39 is 28.5 Å². The summed E-state index contributed by atoms with van der Waals surface area (Å²) < 4.78 is 35.7. The number of hydrogen-bond acceptors (Lipinski definition) is 4. The van der Waals surface area contributed by atoms with E-state index in [2.05, 4.69) is 15.3 Å². The number of hydrogen-bond donors (Lipinski definition) is 2. The first-order chi connectivity index (χ1) is 15.9. The van der Waals surface area contributed by atoms with Crippen LogP contribution in [0.3, 0.4) is 0 Å². The van der Waals surface area contributed by atoms with Gasteiger partial charge in [0.15, 0.2) is 5.82 Å². The summed E-state index contributed by atoms with van der Waals surface area (Å²) in [6.07, 6.45) is 6.01. The van der Waals surface area contributed by atoms with E-state index in [9.17, 15) is 9.59 Å². The normalized spacial score (nSPS) is 17.1. The molecule has 1 amide bonds. The maximum atomic E-state index is 15.5. The molecule has 0 aliphatic carbocycles. The second-order valence-corrected chi connectivity index (χ2v) is 8.05. The third kappa shape index (κ3) is 4.31. The molecule has 0 fully saturated rings. The van der Waals surface area contributed by atoms with Gasteiger partial charge >= 0.3 is 0 Å². The van der Waals surface area contributed by atoms with Crippen LogP contribution in [-0.4, -0.2) is 30.8 Å². The molecule has 1 aliphatic rings. The second kappa shape index (κ2) is 9.25. The van der Waals surface area contributed by atoms with E-state index in [1.807, 2.05) is 0 Å². The third-order valence-electron chi connectivity index (χ3n) is 5.56. The average Bonchev–Trinajstić information content (AvgIpc) is 3.27. The number of methoxy groups -OCH3 is 1. The molecule has 2 aromatic carbocycles. The van der Waals surface area contributed by atoms with Crippen LogP contribution in [0.1, 0.15) is 27.9 Å². The molecule has 0 bridgehead atoms. The highest BCUT2D eigenvalue weighted by atomic mass is 35.5. The van der Waals surface area contributed by atoms with Crippen LogP contribution in [0, 0.1) is 11.6 Å². The van der Waals surface area contributed by atoms with Crippen LogP contribution in [-0.2, 0) is 16.8 Å². The molecule has 2 N–H and O–H groups in total. The predicted octanol–water partition coefficient (Wildman–Crippen LogP) is 4.26. The Labute approximate surface area is 192 Å². The number of aromatic amines is 1. The molecule has 9 heteroatoms. The second-order valence-electron chi connectivity index (χ2n) is 7.61. The Morgan fingerprint density at radius 2 is 2.03 bits per heavy atom. The highest BCUT2D eigenvalue weighted by molar-refractivity contribution is 6.30. The SMILES string of the molecule is COCCC1(c2c(F)cc3c(=O)c(C(=O)NCc4ccc(Cl)cc4)c[nH]c3c2F)C=CC=N1. The summed E-state index contributed by atoms with van der Waals surface area (Å²) in [5.41, 5.74) is -2.01. The predicted molar refractivity (Wildman–Crippen MR) is 123 cm³/mol. The number of carbonyl (C=O) groups excluding carboxylic acids is 1. The Kier molecular flexibility index (Phi) is 6.40. The standard InChI is InChI=1S/C24H20ClF2N3O3/c1-33-10-8-24(7-2-9-30-24)19-18(26)11-16-21(20(19)27)28-13-17(22(16)31)23(32)29-12-14-3-5-15(25)6-4-14/h2-7,9,11,13H,8,10,12H2,1H3,(H,28,31)(H,29,32). The summed E-state index contributed by atoms with van der Waals surface area (Å²) >= 11 is 5.85. The van der Waals surface area contributed by atoms with Crippen molar-refractivity contribution in [1.29, 1.82) is 0 Å². The number of fused-ring (bicyclic) bond motifs is 1. The molecule has 0 saturated carbocycles. The summed E-state index contributed by atoms with van der Waals surface area (Å²) in [5.74, 6) is -2.53. The van der Waals surface area contributed by atoms with Crippen molar-refractivity contribution in [2.24, 2.45) is 4.99 Å². The lowest BCUT2D eigenvalue weighted by Gasteiger charge is -2.26. The summed E-state index contributed by atoms with van der Waals surface area (Å²) in [5, 5.41) is 2.92. The number of halogens is 3. The van der Waals surface area contributed by atoms with E-state index in [0.29, 0.717) is 5.02 Å². The van der Waals surface area contributed by atoms with Gasteiger partial charge in [-0.3, -0.25) is 14.6 Å². The number of aliphatic imine (C=N–C) groups is 1. The van der Waals surface area contributed by atoms with Crippen LogP contribution < -0.4 is 10.7 Å². The van der Waals surface area contributed by atoms with Crippen LogP contribution in [0.2, 0.25) is 5.02 Å². The first kappa shape index (κ1) is 22.8. The zero-order valence-electron chi connectivity index (χ0n) is 17.6. The number of amides is 1. The van der Waals surface area contributed by atoms with Gasteiger partial charge in [-0.2, -0.15) is 0 Å². The summed E-state index contributed by atoms with van der Waals surface area (Å²) in [6, 6.07) is 7.77. The number of ether oxygens (including phenoxy) is 1. The number of nitrogens with one attached hydrogen (secondary N) is 2. The first-order valence-electron chi connectivity index (χ1n) is 10.1. The number of H-pyrrole nitrogens is 1. The minimum absolute atomic E-state index is 0.154. The van der Waals surface area contributed by atoms with Crippen molar-refractivity contribution in [2.45, 2.75) is 18.5 Å². The topological polar surface area (TPSA) is 83.5 Å². The number of allylic oxidation sites excluding steroid dienone is 1. The fourth-order valence-electron chi connectivity index (χ4n) is 3.84. The van der Waals surface area contributed by atoms with Gasteiger partial charge < -0.3 is 15.0 Å². The van der Waals surface area contributed by atoms with Gasteiger partial charge in [-0.05, 0) is 29.8 Å². The minimum Gasteiger partial charge on any atom is -0.385 e. The molecule has 6 nitrogen and oxygen atoms in total. The van der Waals surface area contributed by atoms with Crippen molar-refractivity contribution in [3.8, 4) is 0 Å². The van der Waals surface area contributed by atoms with Crippen molar-refractivity contribution >= 4 is 34.6 Å². The van der Waals surface area contributed by atoms with Crippen LogP contribution in [0.15, 0.2) is 58.5 Å². The molecule has 0 spiro atoms. The van der Waals surface area contributed by atoms with Gasteiger partial charge in [0.2, 0.25) is 5.43 Å². The fourth-order valence-corrected chi connectivity index (χ4v) is 3.97. The van der Waals surface area contributed by atoms with Gasteiger partial charge in [-0.1, -0.05) is 29.8 Å². The number of aromatic nitrogens is 1. The summed E-state index contributed by atoms with van der Waals surface area (Å²) in [7, 11) is 1.49. The van der Waals surface area contributed by atoms with E-state index in [1.54, 1.807) is 36.4 Å². The lowest BCUT2D eigenvalue weighted by Crippen LogP contribution is -2.29. The highest BCUT2D eigenvalue weighted by Crippen LogP contribution is 2.39. The molecule has 1 aliphatic heterocycles. The zero-order valence-corrected chi connectivity index (χ0v) is 18.4. The molecular formula is C24H20ClF2N3O3. The van der Waals surface area contributed by atoms with Gasteiger partial charge in [-0.15, -0.1) is 0 Å². The Hall–Kier alpha value is -3.36. The van der Waals surface area contributed by atoms with Gasteiger partial charge in [0, 0.05) is 44.1 Å². The molecule has 0 radical (unpaired) electrons. The Morgan fingerprint density at radius 3 is 2.70 bits per heavy atom. The van der Waals surface area contributed by atoms with E-state index >= 15 is 8.78 Å². The zero-order chi connectivity index (χ0) is 23.6. The van der Waals surface area contributed by atoms with E-state index in [0.717, 1.165) is 17.8 Å². The summed E-state index contributed by atoms with van der Waals surface area (Å²) in [6.45, 7) is 0.378. The van der Waals surface area contributed by atoms with Gasteiger partial charge in [0.05, 0.1) is 16.5 Å². The number of pyridine rings is 1. The van der Waals surface area contributed by atoms with E-state index in [-0.39, 0.29) is 41.6 Å². The first-order valence-corrected chi connectivity index (χ1v) is 10.5. The monoisotopic (exact) mass is 471 g/mol. The molecule has 1 aromatic heterocycles. The lowest BCUT2D eigenvalue weighted by molar-refractivity contribution is 0.0949. The molecular weight excluding hydrogens is 452 g/mol. The Bertz CT molecular complexity index is 1320. The van der Waals surface area contributed by atoms with Crippen molar-refractivity contribution in [3.63, 3.8) is 0 Å². The quantitative estimate of drug-likeness (QED) is 0.540. The van der Waals surface area contributed by atoms with Crippen LogP contribution in [0.5, 0.6) is 0 Å². The molecule has 2 heterocycles. The maximum Gasteiger partial charge on any atom is 0.257 e. The van der Waals surface area contributed by atoms with Gasteiger partial charge in [-0.25, -0.2) is 8.78 Å². The molecule has 1 unspecified atom stereocenters. The fraction of sp³-hybridized carbons (Fsp3) is 0.208. The third-order valence-corrected chi connectivity index (χ3v) is 5.81. The molecule has 4 rings (SSSR count). The Morgan fingerprint density at radius 1 is 1.27 bits per heavy atom. The number of benzene rings is 2. The van der Waals surface area contributed by atoms with Crippen molar-refractivity contribution < 1.29 is 18.3 Å². The van der Waals surface area contributed by atoms with Crippen molar-refractivity contribution in [1.82, 2.24) is 10.3 Å². The average molecular weight is 472 g/mol. The Balaban J connectivity index is 1.70. The molecule has 3 aromatic rings. The van der Waals surface area contributed by atoms with Gasteiger partial charge in [0.25, 0.3) is 5.91 Å². The van der Waals surface area contributed by atoms with E-state index in [4.69, 9.17) is 16.3 Å². The van der Waals surface area contributed by atoms with Crippen molar-refractivity contribution in [3.05, 3.63) is 92.3 Å². The number of carbonyl (C=O) groups is 1. The van der Waals surface area contributed by atoms with E-state index in [1.165, 1.54) is 13.3 Å². The van der Waals surface area contributed by atoms with Gasteiger partial charge in [0.1, 0.15) is 16.9 Å².